The molecule has 0 amide bonds. The molecule has 0 radical (unpaired) electrons. The number of aliphatic carboxylic acids is 1. The Kier molecular flexibility index (Phi) is 6.12. The normalized spacial score (nSPS) is 12.5. The summed E-state index contributed by atoms with van der Waals surface area (Å²) < 4.78 is 0. The Hall–Kier alpha value is -1.26. The van der Waals surface area contributed by atoms with Gasteiger partial charge >= 0.3 is 5.97 Å². The van der Waals surface area contributed by atoms with Crippen molar-refractivity contribution in [1.29, 1.82) is 0 Å². The van der Waals surface area contributed by atoms with E-state index in [0.717, 1.165) is 18.8 Å². The first kappa shape index (κ1) is 15.8. The first-order valence-electron chi connectivity index (χ1n) is 6.28. The average molecular weight is 285 g/mol. The van der Waals surface area contributed by atoms with Gasteiger partial charge in [-0.05, 0) is 38.4 Å². The number of nitrogens with zero attached hydrogens (tertiary/aromatic N) is 2. The van der Waals surface area contributed by atoms with E-state index in [1.165, 1.54) is 0 Å². The fourth-order valence-electron chi connectivity index (χ4n) is 1.71. The van der Waals surface area contributed by atoms with Crippen molar-refractivity contribution in [3.8, 4) is 0 Å². The number of rotatable bonds is 7. The Bertz CT molecular complexity index is 406. The minimum absolute atomic E-state index is 0.405. The van der Waals surface area contributed by atoms with Crippen LogP contribution >= 0.6 is 11.6 Å². The molecule has 5 heteroatoms. The molecule has 0 aliphatic heterocycles. The summed E-state index contributed by atoms with van der Waals surface area (Å²) in [5, 5.41) is 9.72. The van der Waals surface area contributed by atoms with Gasteiger partial charge in [-0.2, -0.15) is 0 Å². The second kappa shape index (κ2) is 7.36. The minimum atomic E-state index is -0.774. The number of carboxylic acid groups (broad SMARTS) is 1. The summed E-state index contributed by atoms with van der Waals surface area (Å²) in [6.07, 6.45) is 0. The number of halogens is 1. The van der Waals surface area contributed by atoms with Crippen molar-refractivity contribution in [1.82, 2.24) is 4.90 Å². The molecule has 106 valence electrons. The fraction of sp³-hybridized carbons (Fsp3) is 0.500. The zero-order chi connectivity index (χ0) is 14.4. The molecule has 1 atom stereocenters. The van der Waals surface area contributed by atoms with E-state index in [1.807, 2.05) is 38.4 Å². The molecule has 4 nitrogen and oxygen atoms in total. The lowest BCUT2D eigenvalue weighted by molar-refractivity contribution is -0.140. The molecule has 0 spiro atoms. The lowest BCUT2D eigenvalue weighted by atomic mass is 10.1. The van der Waals surface area contributed by atoms with Crippen molar-refractivity contribution in [2.24, 2.45) is 5.92 Å². The van der Waals surface area contributed by atoms with Gasteiger partial charge in [0.05, 0.1) is 5.92 Å². The second-order valence-electron chi connectivity index (χ2n) is 4.96. The van der Waals surface area contributed by atoms with Gasteiger partial charge in [0.15, 0.2) is 0 Å². The Morgan fingerprint density at radius 3 is 2.32 bits per heavy atom. The van der Waals surface area contributed by atoms with Crippen LogP contribution in [0.5, 0.6) is 0 Å². The Balaban J connectivity index is 2.78. The lowest BCUT2D eigenvalue weighted by Crippen LogP contribution is -2.36. The molecule has 0 aliphatic rings. The van der Waals surface area contributed by atoms with Gasteiger partial charge in [0.25, 0.3) is 0 Å². The van der Waals surface area contributed by atoms with E-state index in [2.05, 4.69) is 9.80 Å². The van der Waals surface area contributed by atoms with Gasteiger partial charge in [-0.1, -0.05) is 18.5 Å². The molecule has 1 N–H and O–H groups in total. The molecule has 0 fully saturated rings. The van der Waals surface area contributed by atoms with Crippen LogP contribution in [0.15, 0.2) is 24.3 Å². The molecule has 1 aromatic rings. The molecule has 19 heavy (non-hydrogen) atoms. The van der Waals surface area contributed by atoms with Crippen molar-refractivity contribution in [3.05, 3.63) is 29.3 Å². The smallest absolute Gasteiger partial charge is 0.308 e. The maximum absolute atomic E-state index is 11.0. The van der Waals surface area contributed by atoms with Crippen LogP contribution in [0, 0.1) is 5.92 Å². The van der Waals surface area contributed by atoms with E-state index in [1.54, 1.807) is 6.92 Å². The predicted molar refractivity (Wildman–Crippen MR) is 79.0 cm³/mol. The van der Waals surface area contributed by atoms with Crippen LogP contribution in [0.1, 0.15) is 6.92 Å². The summed E-state index contributed by atoms with van der Waals surface area (Å²) in [5.74, 6) is -1.18. The van der Waals surface area contributed by atoms with Crippen LogP contribution in [0.2, 0.25) is 5.02 Å². The van der Waals surface area contributed by atoms with E-state index in [0.29, 0.717) is 11.6 Å². The monoisotopic (exact) mass is 284 g/mol. The Labute approximate surface area is 119 Å². The van der Waals surface area contributed by atoms with Crippen LogP contribution in [-0.2, 0) is 4.79 Å². The molecule has 1 rings (SSSR count). The number of hydrogen-bond acceptors (Lipinski definition) is 3. The molecule has 1 aromatic carbocycles. The summed E-state index contributed by atoms with van der Waals surface area (Å²) in [6.45, 7) is 3.87. The van der Waals surface area contributed by atoms with Crippen LogP contribution < -0.4 is 4.90 Å². The van der Waals surface area contributed by atoms with Crippen LogP contribution in [0.4, 0.5) is 5.69 Å². The van der Waals surface area contributed by atoms with Crippen LogP contribution in [0.25, 0.3) is 0 Å². The molecular weight excluding hydrogens is 264 g/mol. The number of carboxylic acids is 1. The highest BCUT2D eigenvalue weighted by Gasteiger charge is 2.16. The van der Waals surface area contributed by atoms with E-state index in [9.17, 15) is 4.79 Å². The third-order valence-corrected chi connectivity index (χ3v) is 3.18. The van der Waals surface area contributed by atoms with E-state index in [4.69, 9.17) is 16.7 Å². The van der Waals surface area contributed by atoms with Crippen LogP contribution in [0.3, 0.4) is 0 Å². The van der Waals surface area contributed by atoms with Crippen molar-refractivity contribution >= 4 is 23.3 Å². The highest BCUT2D eigenvalue weighted by molar-refractivity contribution is 6.30. The Morgan fingerprint density at radius 1 is 1.26 bits per heavy atom. The molecular formula is C14H21ClN2O2. The zero-order valence-electron chi connectivity index (χ0n) is 11.6. The van der Waals surface area contributed by atoms with Gasteiger partial charge in [-0.3, -0.25) is 4.79 Å². The first-order valence-corrected chi connectivity index (χ1v) is 6.66. The maximum atomic E-state index is 11.0. The van der Waals surface area contributed by atoms with Crippen molar-refractivity contribution in [2.75, 3.05) is 38.6 Å². The summed E-state index contributed by atoms with van der Waals surface area (Å²) in [4.78, 5) is 15.2. The second-order valence-corrected chi connectivity index (χ2v) is 5.40. The maximum Gasteiger partial charge on any atom is 0.308 e. The molecule has 0 bridgehead atoms. The van der Waals surface area contributed by atoms with E-state index in [-0.39, 0.29) is 0 Å². The van der Waals surface area contributed by atoms with Crippen molar-refractivity contribution < 1.29 is 9.90 Å². The first-order chi connectivity index (χ1) is 8.90. The fourth-order valence-corrected chi connectivity index (χ4v) is 1.83. The topological polar surface area (TPSA) is 43.8 Å². The van der Waals surface area contributed by atoms with Gasteiger partial charge in [-0.15, -0.1) is 0 Å². The quantitative estimate of drug-likeness (QED) is 0.835. The molecule has 0 heterocycles. The molecule has 0 saturated carbocycles. The predicted octanol–water partition coefficient (Wildman–Crippen LogP) is 2.43. The molecule has 0 aromatic heterocycles. The highest BCUT2D eigenvalue weighted by Crippen LogP contribution is 2.19. The van der Waals surface area contributed by atoms with Gasteiger partial charge in [0.1, 0.15) is 0 Å². The number of benzene rings is 1. The molecule has 0 aliphatic carbocycles. The summed E-state index contributed by atoms with van der Waals surface area (Å²) in [6, 6.07) is 7.50. The minimum Gasteiger partial charge on any atom is -0.481 e. The third kappa shape index (κ3) is 5.49. The number of carbonyl (C=O) groups is 1. The third-order valence-electron chi connectivity index (χ3n) is 2.92. The highest BCUT2D eigenvalue weighted by atomic mass is 35.5. The van der Waals surface area contributed by atoms with Crippen molar-refractivity contribution in [3.63, 3.8) is 0 Å². The number of hydrogen-bond donors (Lipinski definition) is 1. The summed E-state index contributed by atoms with van der Waals surface area (Å²) in [5.41, 5.74) is 0.999. The number of anilines is 1. The zero-order valence-corrected chi connectivity index (χ0v) is 12.4. The number of likely N-dealkylation sites (N-methyl/N-ethyl adjacent to an activating group) is 1. The summed E-state index contributed by atoms with van der Waals surface area (Å²) >= 11 is 5.88. The van der Waals surface area contributed by atoms with Gasteiger partial charge < -0.3 is 14.9 Å². The Morgan fingerprint density at radius 2 is 1.84 bits per heavy atom. The van der Waals surface area contributed by atoms with Gasteiger partial charge in [0.2, 0.25) is 0 Å². The summed E-state index contributed by atoms with van der Waals surface area (Å²) in [7, 11) is 4.00. The standard InChI is InChI=1S/C14H21ClN2O2/c1-11(14(18)19)10-17(9-8-16(2)3)13-6-4-12(15)5-7-13/h4-7,11H,8-10H2,1-3H3,(H,18,19). The molecule has 1 unspecified atom stereocenters. The van der Waals surface area contributed by atoms with Crippen molar-refractivity contribution in [2.45, 2.75) is 6.92 Å². The van der Waals surface area contributed by atoms with Crippen LogP contribution in [-0.4, -0.2) is 49.7 Å². The largest absolute Gasteiger partial charge is 0.481 e. The van der Waals surface area contributed by atoms with Gasteiger partial charge in [-0.25, -0.2) is 0 Å². The van der Waals surface area contributed by atoms with Gasteiger partial charge in [0, 0.05) is 30.3 Å². The average Bonchev–Trinajstić information content (AvgIpc) is 2.35. The lowest BCUT2D eigenvalue weighted by Gasteiger charge is -2.28. The molecule has 0 saturated heterocycles. The van der Waals surface area contributed by atoms with E-state index >= 15 is 0 Å². The van der Waals surface area contributed by atoms with E-state index < -0.39 is 11.9 Å². The SMILES string of the molecule is CC(CN(CCN(C)C)c1ccc(Cl)cc1)C(=O)O.